The van der Waals surface area contributed by atoms with E-state index in [2.05, 4.69) is 10.6 Å². The van der Waals surface area contributed by atoms with Gasteiger partial charge in [0.25, 0.3) is 0 Å². The monoisotopic (exact) mass is 227 g/mol. The lowest BCUT2D eigenvalue weighted by Crippen LogP contribution is -2.46. The maximum absolute atomic E-state index is 9.97. The lowest BCUT2D eigenvalue weighted by Gasteiger charge is -2.25. The van der Waals surface area contributed by atoms with Crippen LogP contribution in [0.5, 0.6) is 0 Å². The molecule has 3 atom stereocenters. The molecule has 5 N–H and O–H groups in total. The number of aliphatic hydroxyl groups is 1. The molecule has 1 saturated heterocycles. The van der Waals surface area contributed by atoms with Crippen molar-refractivity contribution in [2.45, 2.75) is 56.8 Å². The maximum atomic E-state index is 9.97. The predicted octanol–water partition coefficient (Wildman–Crippen LogP) is 0.164. The molecule has 2 aliphatic rings. The molecule has 4 nitrogen and oxygen atoms in total. The predicted molar refractivity (Wildman–Crippen MR) is 65.0 cm³/mol. The van der Waals surface area contributed by atoms with Gasteiger partial charge in [0.05, 0.1) is 0 Å². The van der Waals surface area contributed by atoms with Gasteiger partial charge >= 0.3 is 0 Å². The second kappa shape index (κ2) is 5.96. The van der Waals surface area contributed by atoms with Gasteiger partial charge in [0.15, 0.2) is 0 Å². The molecule has 1 saturated carbocycles. The van der Waals surface area contributed by atoms with Gasteiger partial charge in [-0.05, 0) is 25.2 Å². The fourth-order valence-corrected chi connectivity index (χ4v) is 2.86. The van der Waals surface area contributed by atoms with E-state index in [9.17, 15) is 5.11 Å². The maximum Gasteiger partial charge on any atom is 0.120 e. The minimum absolute atomic E-state index is 0.138. The van der Waals surface area contributed by atoms with E-state index in [-0.39, 0.29) is 12.1 Å². The molecule has 0 amide bonds. The number of hydrogen-bond donors (Lipinski definition) is 4. The smallest absolute Gasteiger partial charge is 0.120 e. The standard InChI is InChI=1S/C12H25N3O/c13-10-6-11(14-8-10)12(16)15-7-9-4-2-1-3-5-9/h9-12,14-16H,1-8,13H2. The highest BCUT2D eigenvalue weighted by atomic mass is 16.3. The first-order valence-electron chi connectivity index (χ1n) is 6.66. The van der Waals surface area contributed by atoms with Crippen LogP contribution >= 0.6 is 0 Å². The average molecular weight is 227 g/mol. The summed E-state index contributed by atoms with van der Waals surface area (Å²) in [5, 5.41) is 16.5. The molecule has 3 unspecified atom stereocenters. The summed E-state index contributed by atoms with van der Waals surface area (Å²) < 4.78 is 0. The first-order valence-corrected chi connectivity index (χ1v) is 6.66. The van der Waals surface area contributed by atoms with E-state index in [1.165, 1.54) is 32.1 Å². The van der Waals surface area contributed by atoms with Gasteiger partial charge in [-0.2, -0.15) is 0 Å². The summed E-state index contributed by atoms with van der Waals surface area (Å²) in [6.45, 7) is 1.78. The van der Waals surface area contributed by atoms with Crippen LogP contribution in [0.3, 0.4) is 0 Å². The summed E-state index contributed by atoms with van der Waals surface area (Å²) in [5.41, 5.74) is 5.80. The summed E-state index contributed by atoms with van der Waals surface area (Å²) >= 11 is 0. The van der Waals surface area contributed by atoms with Crippen molar-refractivity contribution in [2.75, 3.05) is 13.1 Å². The summed E-state index contributed by atoms with van der Waals surface area (Å²) in [5.74, 6) is 0.762. The first-order chi connectivity index (χ1) is 7.75. The molecular weight excluding hydrogens is 202 g/mol. The molecule has 0 bridgehead atoms. The van der Waals surface area contributed by atoms with Crippen molar-refractivity contribution in [3.05, 3.63) is 0 Å². The minimum Gasteiger partial charge on any atom is -0.377 e. The molecule has 1 heterocycles. The Morgan fingerprint density at radius 3 is 2.69 bits per heavy atom. The zero-order valence-electron chi connectivity index (χ0n) is 9.99. The van der Waals surface area contributed by atoms with Gasteiger partial charge < -0.3 is 16.2 Å². The quantitative estimate of drug-likeness (QED) is 0.517. The average Bonchev–Trinajstić information content (AvgIpc) is 2.74. The van der Waals surface area contributed by atoms with Gasteiger partial charge in [-0.25, -0.2) is 0 Å². The van der Waals surface area contributed by atoms with Crippen molar-refractivity contribution in [1.29, 1.82) is 0 Å². The second-order valence-corrected chi connectivity index (χ2v) is 5.37. The van der Waals surface area contributed by atoms with E-state index < -0.39 is 6.23 Å². The topological polar surface area (TPSA) is 70.3 Å². The zero-order valence-corrected chi connectivity index (χ0v) is 9.99. The molecule has 0 aromatic heterocycles. The van der Waals surface area contributed by atoms with E-state index in [4.69, 9.17) is 5.73 Å². The molecule has 1 aliphatic carbocycles. The Balaban J connectivity index is 1.64. The zero-order chi connectivity index (χ0) is 11.4. The molecule has 0 spiro atoms. The van der Waals surface area contributed by atoms with Gasteiger partial charge in [-0.1, -0.05) is 19.3 Å². The molecule has 94 valence electrons. The third-order valence-corrected chi connectivity index (χ3v) is 3.92. The highest BCUT2D eigenvalue weighted by Gasteiger charge is 2.27. The van der Waals surface area contributed by atoms with Gasteiger partial charge in [0.2, 0.25) is 0 Å². The van der Waals surface area contributed by atoms with Crippen LogP contribution in [-0.4, -0.2) is 36.5 Å². The van der Waals surface area contributed by atoms with Crippen LogP contribution in [0.25, 0.3) is 0 Å². The molecule has 0 aromatic carbocycles. The van der Waals surface area contributed by atoms with Crippen LogP contribution in [0, 0.1) is 5.92 Å². The molecule has 0 aromatic rings. The van der Waals surface area contributed by atoms with E-state index in [0.29, 0.717) is 0 Å². The molecule has 16 heavy (non-hydrogen) atoms. The van der Waals surface area contributed by atoms with Crippen LogP contribution < -0.4 is 16.4 Å². The van der Waals surface area contributed by atoms with E-state index in [1.807, 2.05) is 0 Å². The summed E-state index contributed by atoms with van der Waals surface area (Å²) in [4.78, 5) is 0. The third kappa shape index (κ3) is 3.42. The van der Waals surface area contributed by atoms with Gasteiger partial charge in [0, 0.05) is 25.2 Å². The van der Waals surface area contributed by atoms with E-state index in [0.717, 1.165) is 25.4 Å². The Morgan fingerprint density at radius 2 is 2.06 bits per heavy atom. The van der Waals surface area contributed by atoms with Gasteiger partial charge in [-0.15, -0.1) is 0 Å². The number of nitrogens with two attached hydrogens (primary N) is 1. The Hall–Kier alpha value is -0.160. The lowest BCUT2D eigenvalue weighted by atomic mass is 9.89. The summed E-state index contributed by atoms with van der Waals surface area (Å²) in [6.07, 6.45) is 7.17. The molecular formula is C12H25N3O. The number of rotatable bonds is 4. The van der Waals surface area contributed by atoms with Crippen molar-refractivity contribution >= 4 is 0 Å². The molecule has 2 rings (SSSR count). The number of hydrogen-bond acceptors (Lipinski definition) is 4. The van der Waals surface area contributed by atoms with Crippen LogP contribution in [0.1, 0.15) is 38.5 Å². The van der Waals surface area contributed by atoms with Gasteiger partial charge in [-0.3, -0.25) is 5.32 Å². The first kappa shape index (κ1) is 12.3. The fourth-order valence-electron chi connectivity index (χ4n) is 2.86. The van der Waals surface area contributed by atoms with Gasteiger partial charge in [0.1, 0.15) is 6.23 Å². The Kier molecular flexibility index (Phi) is 4.58. The SMILES string of the molecule is NC1CNC(C(O)NCC2CCCCC2)C1. The minimum atomic E-state index is -0.435. The lowest BCUT2D eigenvalue weighted by molar-refractivity contribution is 0.0930. The normalized spacial score (nSPS) is 34.1. The molecule has 4 heteroatoms. The fraction of sp³-hybridized carbons (Fsp3) is 1.00. The number of nitrogens with one attached hydrogen (secondary N) is 2. The highest BCUT2D eigenvalue weighted by molar-refractivity contribution is 4.87. The molecule has 1 aliphatic heterocycles. The van der Waals surface area contributed by atoms with Crippen molar-refractivity contribution < 1.29 is 5.11 Å². The number of aliphatic hydroxyl groups excluding tert-OH is 1. The van der Waals surface area contributed by atoms with Crippen molar-refractivity contribution in [2.24, 2.45) is 11.7 Å². The highest BCUT2D eigenvalue weighted by Crippen LogP contribution is 2.23. The van der Waals surface area contributed by atoms with Crippen LogP contribution in [0.15, 0.2) is 0 Å². The van der Waals surface area contributed by atoms with Crippen LogP contribution in [0.4, 0.5) is 0 Å². The van der Waals surface area contributed by atoms with E-state index in [1.54, 1.807) is 0 Å². The van der Waals surface area contributed by atoms with Crippen LogP contribution in [-0.2, 0) is 0 Å². The Bertz CT molecular complexity index is 206. The van der Waals surface area contributed by atoms with Crippen LogP contribution in [0.2, 0.25) is 0 Å². The summed E-state index contributed by atoms with van der Waals surface area (Å²) in [6, 6.07) is 0.342. The van der Waals surface area contributed by atoms with Crippen molar-refractivity contribution in [3.8, 4) is 0 Å². The largest absolute Gasteiger partial charge is 0.377 e. The summed E-state index contributed by atoms with van der Waals surface area (Å²) in [7, 11) is 0. The van der Waals surface area contributed by atoms with E-state index >= 15 is 0 Å². The Labute approximate surface area is 98.0 Å². The second-order valence-electron chi connectivity index (χ2n) is 5.37. The molecule has 2 fully saturated rings. The van der Waals surface area contributed by atoms with Crippen molar-refractivity contribution in [3.63, 3.8) is 0 Å². The third-order valence-electron chi connectivity index (χ3n) is 3.92. The Morgan fingerprint density at radius 1 is 1.31 bits per heavy atom. The van der Waals surface area contributed by atoms with Crippen molar-refractivity contribution in [1.82, 2.24) is 10.6 Å². The molecule has 0 radical (unpaired) electrons.